The van der Waals surface area contributed by atoms with Crippen molar-refractivity contribution in [2.45, 2.75) is 6.54 Å². The van der Waals surface area contributed by atoms with Gasteiger partial charge in [-0.05, 0) is 17.7 Å². The van der Waals surface area contributed by atoms with E-state index in [9.17, 15) is 9.18 Å². The topological polar surface area (TPSA) is 49.3 Å². The van der Waals surface area contributed by atoms with Crippen molar-refractivity contribution in [2.24, 2.45) is 0 Å². The van der Waals surface area contributed by atoms with Crippen LogP contribution in [0, 0.1) is 5.82 Å². The minimum absolute atomic E-state index is 0.0793. The molecule has 1 aromatic carbocycles. The van der Waals surface area contributed by atoms with Crippen molar-refractivity contribution in [3.63, 3.8) is 0 Å². The smallest absolute Gasteiger partial charge is 0.230 e. The van der Waals surface area contributed by atoms with E-state index >= 15 is 0 Å². The number of hydrogen-bond acceptors (Lipinski definition) is 3. The van der Waals surface area contributed by atoms with Gasteiger partial charge in [-0.15, -0.1) is 11.8 Å². The van der Waals surface area contributed by atoms with Crippen molar-refractivity contribution in [1.82, 2.24) is 5.32 Å². The second-order valence-corrected chi connectivity index (χ2v) is 4.28. The summed E-state index contributed by atoms with van der Waals surface area (Å²) < 4.78 is 12.6. The van der Waals surface area contributed by atoms with E-state index in [-0.39, 0.29) is 18.3 Å². The number of hydrogen-bond donors (Lipinski definition) is 2. The SMILES string of the molecule is O=C(CSCCO)NCc1ccc(F)cc1. The Morgan fingerprint density at radius 3 is 2.69 bits per heavy atom. The zero-order valence-electron chi connectivity index (χ0n) is 8.78. The van der Waals surface area contributed by atoms with Gasteiger partial charge in [0.15, 0.2) is 0 Å². The van der Waals surface area contributed by atoms with Gasteiger partial charge in [-0.3, -0.25) is 4.79 Å². The third-order valence-electron chi connectivity index (χ3n) is 1.87. The summed E-state index contributed by atoms with van der Waals surface area (Å²) in [5, 5.41) is 11.2. The molecule has 2 N–H and O–H groups in total. The zero-order chi connectivity index (χ0) is 11.8. The van der Waals surface area contributed by atoms with Gasteiger partial charge in [0, 0.05) is 12.3 Å². The fourth-order valence-electron chi connectivity index (χ4n) is 1.08. The third-order valence-corrected chi connectivity index (χ3v) is 2.81. The standard InChI is InChI=1S/C11H14FNO2S/c12-10-3-1-9(2-4-10)7-13-11(15)8-16-6-5-14/h1-4,14H,5-8H2,(H,13,15). The summed E-state index contributed by atoms with van der Waals surface area (Å²) in [4.78, 5) is 11.3. The van der Waals surface area contributed by atoms with Gasteiger partial charge >= 0.3 is 0 Å². The lowest BCUT2D eigenvalue weighted by atomic mass is 10.2. The van der Waals surface area contributed by atoms with Crippen LogP contribution in [0.15, 0.2) is 24.3 Å². The number of halogens is 1. The van der Waals surface area contributed by atoms with Crippen molar-refractivity contribution < 1.29 is 14.3 Å². The van der Waals surface area contributed by atoms with Gasteiger partial charge in [0.1, 0.15) is 5.82 Å². The van der Waals surface area contributed by atoms with E-state index in [1.54, 1.807) is 12.1 Å². The van der Waals surface area contributed by atoms with Gasteiger partial charge in [0.2, 0.25) is 5.91 Å². The molecule has 3 nitrogen and oxygen atoms in total. The lowest BCUT2D eigenvalue weighted by Crippen LogP contribution is -2.24. The van der Waals surface area contributed by atoms with Crippen LogP contribution in [0.3, 0.4) is 0 Å². The molecular weight excluding hydrogens is 229 g/mol. The molecule has 0 atom stereocenters. The van der Waals surface area contributed by atoms with Crippen molar-refractivity contribution in [1.29, 1.82) is 0 Å². The molecule has 1 aromatic rings. The third kappa shape index (κ3) is 5.14. The Labute approximate surface area is 98.1 Å². The number of rotatable bonds is 6. The van der Waals surface area contributed by atoms with E-state index < -0.39 is 0 Å². The Hall–Kier alpha value is -1.07. The van der Waals surface area contributed by atoms with Crippen LogP contribution in [0.2, 0.25) is 0 Å². The van der Waals surface area contributed by atoms with Crippen LogP contribution in [0.1, 0.15) is 5.56 Å². The summed E-state index contributed by atoms with van der Waals surface area (Å²) in [5.41, 5.74) is 0.863. The van der Waals surface area contributed by atoms with E-state index in [2.05, 4.69) is 5.32 Å². The highest BCUT2D eigenvalue weighted by molar-refractivity contribution is 7.99. The van der Waals surface area contributed by atoms with Gasteiger partial charge in [-0.25, -0.2) is 4.39 Å². The molecule has 0 radical (unpaired) electrons. The van der Waals surface area contributed by atoms with E-state index in [1.165, 1.54) is 23.9 Å². The molecule has 0 aliphatic heterocycles. The van der Waals surface area contributed by atoms with Gasteiger partial charge in [0.25, 0.3) is 0 Å². The highest BCUT2D eigenvalue weighted by atomic mass is 32.2. The van der Waals surface area contributed by atoms with Crippen molar-refractivity contribution >= 4 is 17.7 Å². The number of aliphatic hydroxyl groups is 1. The Balaban J connectivity index is 2.23. The Morgan fingerprint density at radius 1 is 1.38 bits per heavy atom. The van der Waals surface area contributed by atoms with E-state index in [4.69, 9.17) is 5.11 Å². The highest BCUT2D eigenvalue weighted by Crippen LogP contribution is 2.02. The summed E-state index contributed by atoms with van der Waals surface area (Å²) in [5.74, 6) is 0.530. The maximum Gasteiger partial charge on any atom is 0.230 e. The summed E-state index contributed by atoms with van der Waals surface area (Å²) in [6.45, 7) is 0.481. The van der Waals surface area contributed by atoms with Crippen LogP contribution < -0.4 is 5.32 Å². The second-order valence-electron chi connectivity index (χ2n) is 3.18. The lowest BCUT2D eigenvalue weighted by Gasteiger charge is -2.04. The first kappa shape index (κ1) is 13.0. The Morgan fingerprint density at radius 2 is 2.06 bits per heavy atom. The monoisotopic (exact) mass is 243 g/mol. The van der Waals surface area contributed by atoms with E-state index in [0.29, 0.717) is 18.1 Å². The fraction of sp³-hybridized carbons (Fsp3) is 0.364. The minimum atomic E-state index is -0.284. The molecule has 0 saturated heterocycles. The van der Waals surface area contributed by atoms with Crippen LogP contribution in [-0.4, -0.2) is 29.1 Å². The van der Waals surface area contributed by atoms with Crippen molar-refractivity contribution in [3.8, 4) is 0 Å². The van der Waals surface area contributed by atoms with Crippen LogP contribution in [0.5, 0.6) is 0 Å². The van der Waals surface area contributed by atoms with E-state index in [1.807, 2.05) is 0 Å². The number of aliphatic hydroxyl groups excluding tert-OH is 1. The molecule has 5 heteroatoms. The average molecular weight is 243 g/mol. The molecule has 0 fully saturated rings. The zero-order valence-corrected chi connectivity index (χ0v) is 9.60. The molecule has 16 heavy (non-hydrogen) atoms. The molecule has 1 amide bonds. The first-order valence-corrected chi connectivity index (χ1v) is 6.07. The molecule has 0 saturated carbocycles. The molecule has 0 aliphatic rings. The normalized spacial score (nSPS) is 10.1. The number of carbonyl (C=O) groups excluding carboxylic acids is 1. The maximum absolute atomic E-state index is 12.6. The van der Waals surface area contributed by atoms with Gasteiger partial charge < -0.3 is 10.4 Å². The predicted molar refractivity (Wildman–Crippen MR) is 62.7 cm³/mol. The first-order chi connectivity index (χ1) is 7.72. The molecule has 0 unspecified atom stereocenters. The average Bonchev–Trinajstić information content (AvgIpc) is 2.29. The largest absolute Gasteiger partial charge is 0.396 e. The first-order valence-electron chi connectivity index (χ1n) is 4.92. The lowest BCUT2D eigenvalue weighted by molar-refractivity contribution is -0.118. The molecule has 1 rings (SSSR count). The Kier molecular flexibility index (Phi) is 5.88. The van der Waals surface area contributed by atoms with Crippen LogP contribution >= 0.6 is 11.8 Å². The van der Waals surface area contributed by atoms with Gasteiger partial charge in [0.05, 0.1) is 12.4 Å². The second kappa shape index (κ2) is 7.24. The summed E-state index contributed by atoms with van der Waals surface area (Å²) in [6, 6.07) is 6.00. The van der Waals surface area contributed by atoms with Gasteiger partial charge in [-0.2, -0.15) is 0 Å². The minimum Gasteiger partial charge on any atom is -0.396 e. The molecule has 0 heterocycles. The number of nitrogens with one attached hydrogen (secondary N) is 1. The number of thioether (sulfide) groups is 1. The summed E-state index contributed by atoms with van der Waals surface area (Å²) >= 11 is 1.38. The molecular formula is C11H14FNO2S. The molecule has 88 valence electrons. The maximum atomic E-state index is 12.6. The quantitative estimate of drug-likeness (QED) is 0.737. The number of carbonyl (C=O) groups is 1. The summed E-state index contributed by atoms with van der Waals surface area (Å²) in [6.07, 6.45) is 0. The van der Waals surface area contributed by atoms with Crippen molar-refractivity contribution in [3.05, 3.63) is 35.6 Å². The van der Waals surface area contributed by atoms with Crippen LogP contribution in [0.25, 0.3) is 0 Å². The molecule has 0 bridgehead atoms. The number of amides is 1. The van der Waals surface area contributed by atoms with E-state index in [0.717, 1.165) is 5.56 Å². The summed E-state index contributed by atoms with van der Waals surface area (Å²) in [7, 11) is 0. The van der Waals surface area contributed by atoms with Crippen molar-refractivity contribution in [2.75, 3.05) is 18.1 Å². The highest BCUT2D eigenvalue weighted by Gasteiger charge is 2.01. The molecule has 0 spiro atoms. The number of benzene rings is 1. The molecule has 0 aromatic heterocycles. The Bertz CT molecular complexity index is 329. The van der Waals surface area contributed by atoms with Crippen LogP contribution in [0.4, 0.5) is 4.39 Å². The fourth-order valence-corrected chi connectivity index (χ4v) is 1.64. The predicted octanol–water partition coefficient (Wildman–Crippen LogP) is 1.17. The van der Waals surface area contributed by atoms with Gasteiger partial charge in [-0.1, -0.05) is 12.1 Å². The van der Waals surface area contributed by atoms with Crippen LogP contribution in [-0.2, 0) is 11.3 Å². The molecule has 0 aliphatic carbocycles.